The van der Waals surface area contributed by atoms with Gasteiger partial charge < -0.3 is 9.80 Å². The van der Waals surface area contributed by atoms with Crippen molar-refractivity contribution in [3.63, 3.8) is 0 Å². The zero-order chi connectivity index (χ0) is 18.3. The number of likely N-dealkylation sites (N-methyl/N-ethyl adjacent to an activating group) is 1. The Morgan fingerprint density at radius 1 is 1.00 bits per heavy atom. The Hall–Kier alpha value is -2.46. The predicted octanol–water partition coefficient (Wildman–Crippen LogP) is 4.22. The molecule has 0 N–H and O–H groups in total. The summed E-state index contributed by atoms with van der Waals surface area (Å²) < 4.78 is 13.4. The zero-order valence-electron chi connectivity index (χ0n) is 15.5. The van der Waals surface area contributed by atoms with Crippen molar-refractivity contribution in [2.45, 2.75) is 18.9 Å². The molecule has 0 unspecified atom stereocenters. The number of aryl methyl sites for hydroxylation is 1. The summed E-state index contributed by atoms with van der Waals surface area (Å²) in [6.07, 6.45) is 0. The molecule has 1 aromatic heterocycles. The summed E-state index contributed by atoms with van der Waals surface area (Å²) in [6.45, 7) is 3.99. The molecule has 2 atom stereocenters. The Labute approximate surface area is 154 Å². The number of benzene rings is 2. The Bertz CT molecular complexity index is 920. The summed E-state index contributed by atoms with van der Waals surface area (Å²) in [5.41, 5.74) is 3.50. The Morgan fingerprint density at radius 3 is 2.50 bits per heavy atom. The van der Waals surface area contributed by atoms with Gasteiger partial charge in [-0.15, -0.1) is 0 Å². The van der Waals surface area contributed by atoms with E-state index in [1.807, 2.05) is 12.1 Å². The number of pyridine rings is 1. The van der Waals surface area contributed by atoms with Crippen LogP contribution >= 0.6 is 0 Å². The molecule has 0 radical (unpaired) electrons. The highest BCUT2D eigenvalue weighted by Gasteiger charge is 2.35. The summed E-state index contributed by atoms with van der Waals surface area (Å²) in [5, 5.41) is 0.840. The van der Waals surface area contributed by atoms with Crippen LogP contribution in [0.25, 0.3) is 10.9 Å². The third kappa shape index (κ3) is 3.17. The van der Waals surface area contributed by atoms with Crippen molar-refractivity contribution in [2.24, 2.45) is 0 Å². The predicted molar refractivity (Wildman–Crippen MR) is 105 cm³/mol. The standard InChI is InChI=1S/C22H24FN3/c1-15-4-6-16(7-5-15)19-13-26(14-21(19)25(2)3)22-11-8-17-12-18(23)9-10-20(17)24-22/h4-12,19,21H,13-14H2,1-3H3/t19-,21+/m1/s1. The van der Waals surface area contributed by atoms with E-state index < -0.39 is 0 Å². The van der Waals surface area contributed by atoms with Gasteiger partial charge in [0.25, 0.3) is 0 Å². The summed E-state index contributed by atoms with van der Waals surface area (Å²) in [7, 11) is 4.29. The van der Waals surface area contributed by atoms with Crippen LogP contribution < -0.4 is 4.90 Å². The molecule has 4 rings (SSSR count). The molecule has 2 aromatic carbocycles. The van der Waals surface area contributed by atoms with Crippen LogP contribution in [-0.4, -0.2) is 43.1 Å². The largest absolute Gasteiger partial charge is 0.354 e. The second-order valence-corrected chi connectivity index (χ2v) is 7.46. The number of rotatable bonds is 3. The van der Waals surface area contributed by atoms with Gasteiger partial charge in [-0.2, -0.15) is 0 Å². The lowest BCUT2D eigenvalue weighted by Gasteiger charge is -2.25. The van der Waals surface area contributed by atoms with Crippen molar-refractivity contribution < 1.29 is 4.39 Å². The maximum Gasteiger partial charge on any atom is 0.129 e. The van der Waals surface area contributed by atoms with E-state index in [4.69, 9.17) is 4.98 Å². The quantitative estimate of drug-likeness (QED) is 0.706. The SMILES string of the molecule is Cc1ccc([C@H]2CN(c3ccc4cc(F)ccc4n3)C[C@@H]2N(C)C)cc1. The highest BCUT2D eigenvalue weighted by atomic mass is 19.1. The zero-order valence-corrected chi connectivity index (χ0v) is 15.5. The molecule has 3 nitrogen and oxygen atoms in total. The third-order valence-corrected chi connectivity index (χ3v) is 5.42. The number of hydrogen-bond donors (Lipinski definition) is 0. The van der Waals surface area contributed by atoms with Crippen LogP contribution in [0, 0.1) is 12.7 Å². The van der Waals surface area contributed by atoms with Crippen molar-refractivity contribution in [1.82, 2.24) is 9.88 Å². The van der Waals surface area contributed by atoms with Gasteiger partial charge in [-0.3, -0.25) is 0 Å². The molecule has 2 heterocycles. The lowest BCUT2D eigenvalue weighted by molar-refractivity contribution is 0.292. The van der Waals surface area contributed by atoms with Crippen molar-refractivity contribution in [3.05, 3.63) is 71.5 Å². The van der Waals surface area contributed by atoms with Crippen molar-refractivity contribution >= 4 is 16.7 Å². The first-order valence-electron chi connectivity index (χ1n) is 9.05. The lowest BCUT2D eigenvalue weighted by Crippen LogP contribution is -2.34. The molecule has 1 saturated heterocycles. The fourth-order valence-electron chi connectivity index (χ4n) is 3.90. The van der Waals surface area contributed by atoms with Crippen LogP contribution in [0.4, 0.5) is 10.2 Å². The molecule has 3 aromatic rings. The Balaban J connectivity index is 1.65. The van der Waals surface area contributed by atoms with E-state index in [0.717, 1.165) is 29.8 Å². The van der Waals surface area contributed by atoms with Crippen LogP contribution in [0.2, 0.25) is 0 Å². The van der Waals surface area contributed by atoms with Gasteiger partial charge in [-0.1, -0.05) is 29.8 Å². The van der Waals surface area contributed by atoms with Gasteiger partial charge in [-0.05, 0) is 56.9 Å². The van der Waals surface area contributed by atoms with E-state index in [9.17, 15) is 4.39 Å². The van der Waals surface area contributed by atoms with Gasteiger partial charge in [0, 0.05) is 30.4 Å². The van der Waals surface area contributed by atoms with Crippen LogP contribution in [0.1, 0.15) is 17.0 Å². The van der Waals surface area contributed by atoms with Crippen LogP contribution in [0.5, 0.6) is 0 Å². The smallest absolute Gasteiger partial charge is 0.129 e. The summed E-state index contributed by atoms with van der Waals surface area (Å²) in [6, 6.07) is 18.0. The van der Waals surface area contributed by atoms with Gasteiger partial charge in [0.1, 0.15) is 11.6 Å². The number of halogens is 1. The van der Waals surface area contributed by atoms with Crippen molar-refractivity contribution in [3.8, 4) is 0 Å². The summed E-state index contributed by atoms with van der Waals surface area (Å²) >= 11 is 0. The maximum absolute atomic E-state index is 13.4. The van der Waals surface area contributed by atoms with Crippen LogP contribution in [0.3, 0.4) is 0 Å². The molecule has 0 saturated carbocycles. The minimum absolute atomic E-state index is 0.222. The maximum atomic E-state index is 13.4. The van der Waals surface area contributed by atoms with Gasteiger partial charge in [0.2, 0.25) is 0 Å². The molecule has 0 spiro atoms. The van der Waals surface area contributed by atoms with E-state index in [-0.39, 0.29) is 5.82 Å². The first-order chi connectivity index (χ1) is 12.5. The molecule has 0 amide bonds. The van der Waals surface area contributed by atoms with Crippen molar-refractivity contribution in [2.75, 3.05) is 32.1 Å². The fraction of sp³-hybridized carbons (Fsp3) is 0.318. The highest BCUT2D eigenvalue weighted by Crippen LogP contribution is 2.33. The average molecular weight is 349 g/mol. The van der Waals surface area contributed by atoms with E-state index >= 15 is 0 Å². The van der Waals surface area contributed by atoms with Crippen molar-refractivity contribution in [1.29, 1.82) is 0 Å². The molecular weight excluding hydrogens is 325 g/mol. The molecule has 1 aliphatic rings. The first kappa shape index (κ1) is 17.0. The average Bonchev–Trinajstić information content (AvgIpc) is 3.07. The second-order valence-electron chi connectivity index (χ2n) is 7.46. The van der Waals surface area contributed by atoms with Gasteiger partial charge in [-0.25, -0.2) is 9.37 Å². The van der Waals surface area contributed by atoms with Crippen LogP contribution in [0.15, 0.2) is 54.6 Å². The van der Waals surface area contributed by atoms with E-state index in [1.54, 1.807) is 6.07 Å². The number of fused-ring (bicyclic) bond motifs is 1. The number of hydrogen-bond acceptors (Lipinski definition) is 3. The van der Waals surface area contributed by atoms with Gasteiger partial charge in [0.15, 0.2) is 0 Å². The number of anilines is 1. The number of nitrogens with zero attached hydrogens (tertiary/aromatic N) is 3. The molecule has 4 heteroatoms. The molecule has 26 heavy (non-hydrogen) atoms. The molecular formula is C22H24FN3. The Morgan fingerprint density at radius 2 is 1.77 bits per heavy atom. The molecule has 1 fully saturated rings. The number of aromatic nitrogens is 1. The summed E-state index contributed by atoms with van der Waals surface area (Å²) in [4.78, 5) is 9.43. The lowest BCUT2D eigenvalue weighted by atomic mass is 9.93. The molecule has 0 bridgehead atoms. The minimum Gasteiger partial charge on any atom is -0.354 e. The van der Waals surface area contributed by atoms with Gasteiger partial charge >= 0.3 is 0 Å². The van der Waals surface area contributed by atoms with Gasteiger partial charge in [0.05, 0.1) is 5.52 Å². The second kappa shape index (κ2) is 6.69. The monoisotopic (exact) mass is 349 g/mol. The minimum atomic E-state index is -0.222. The normalized spacial score (nSPS) is 20.3. The third-order valence-electron chi connectivity index (χ3n) is 5.42. The van der Waals surface area contributed by atoms with E-state index in [1.165, 1.54) is 23.3 Å². The highest BCUT2D eigenvalue weighted by molar-refractivity contribution is 5.80. The topological polar surface area (TPSA) is 19.4 Å². The molecule has 134 valence electrons. The first-order valence-corrected chi connectivity index (χ1v) is 9.05. The Kier molecular flexibility index (Phi) is 4.37. The molecule has 1 aliphatic heterocycles. The van der Waals surface area contributed by atoms with E-state index in [0.29, 0.717) is 12.0 Å². The van der Waals surface area contributed by atoms with Crippen LogP contribution in [-0.2, 0) is 0 Å². The summed E-state index contributed by atoms with van der Waals surface area (Å²) in [5.74, 6) is 1.18. The fourth-order valence-corrected chi connectivity index (χ4v) is 3.90. The molecule has 0 aliphatic carbocycles. The van der Waals surface area contributed by atoms with E-state index in [2.05, 4.69) is 55.1 Å².